The molecule has 3 aromatic carbocycles. The van der Waals surface area contributed by atoms with Crippen LogP contribution in [0.3, 0.4) is 0 Å². The van der Waals surface area contributed by atoms with E-state index in [-0.39, 0.29) is 23.8 Å². The number of rotatable bonds is 11. The Labute approximate surface area is 215 Å². The molecule has 0 fully saturated rings. The van der Waals surface area contributed by atoms with Crippen LogP contribution in [0, 0.1) is 6.92 Å². The van der Waals surface area contributed by atoms with E-state index in [9.17, 15) is 9.59 Å². The molecule has 0 bridgehead atoms. The van der Waals surface area contributed by atoms with Crippen LogP contribution in [0.15, 0.2) is 59.7 Å². The molecule has 0 saturated carbocycles. The molecular formula is C27H29N3O7. The molecular weight excluding hydrogens is 478 g/mol. The lowest BCUT2D eigenvalue weighted by Gasteiger charge is -2.14. The van der Waals surface area contributed by atoms with Gasteiger partial charge >= 0.3 is 5.97 Å². The van der Waals surface area contributed by atoms with Crippen molar-refractivity contribution in [1.82, 2.24) is 5.43 Å². The first-order chi connectivity index (χ1) is 17.9. The first-order valence-corrected chi connectivity index (χ1v) is 11.2. The van der Waals surface area contributed by atoms with Crippen molar-refractivity contribution < 1.29 is 33.3 Å². The molecule has 1 amide bonds. The maximum atomic E-state index is 12.8. The third-order valence-electron chi connectivity index (χ3n) is 5.28. The van der Waals surface area contributed by atoms with Crippen LogP contribution in [-0.2, 0) is 4.79 Å². The van der Waals surface area contributed by atoms with E-state index in [0.717, 1.165) is 11.3 Å². The van der Waals surface area contributed by atoms with Gasteiger partial charge < -0.3 is 29.0 Å². The Bertz CT molecular complexity index is 1270. The Balaban J connectivity index is 1.65. The van der Waals surface area contributed by atoms with E-state index < -0.39 is 5.97 Å². The Kier molecular flexibility index (Phi) is 9.31. The number of amides is 1. The summed E-state index contributed by atoms with van der Waals surface area (Å²) in [6.07, 6.45) is 1.46. The molecule has 0 aliphatic carbocycles. The molecule has 0 spiro atoms. The first kappa shape index (κ1) is 26.9. The number of ether oxygens (including phenoxy) is 5. The number of carbonyl (C=O) groups is 2. The molecule has 0 aromatic heterocycles. The van der Waals surface area contributed by atoms with E-state index in [1.165, 1.54) is 46.8 Å². The van der Waals surface area contributed by atoms with Crippen LogP contribution in [0.2, 0.25) is 0 Å². The molecule has 0 aliphatic rings. The Hall–Kier alpha value is -4.73. The van der Waals surface area contributed by atoms with Gasteiger partial charge in [-0.2, -0.15) is 5.10 Å². The number of anilines is 1. The van der Waals surface area contributed by atoms with E-state index in [4.69, 9.17) is 23.7 Å². The van der Waals surface area contributed by atoms with Gasteiger partial charge in [-0.1, -0.05) is 18.2 Å². The van der Waals surface area contributed by atoms with Gasteiger partial charge in [0.1, 0.15) is 0 Å². The van der Waals surface area contributed by atoms with Crippen LogP contribution in [0.25, 0.3) is 0 Å². The van der Waals surface area contributed by atoms with Crippen molar-refractivity contribution in [2.24, 2.45) is 5.10 Å². The summed E-state index contributed by atoms with van der Waals surface area (Å²) in [6.45, 7) is 2.03. The zero-order valence-electron chi connectivity index (χ0n) is 21.3. The van der Waals surface area contributed by atoms with Crippen LogP contribution in [0.4, 0.5) is 5.69 Å². The number of nitrogens with zero attached hydrogens (tertiary/aromatic N) is 1. The fourth-order valence-corrected chi connectivity index (χ4v) is 3.37. The molecule has 0 aliphatic heterocycles. The van der Waals surface area contributed by atoms with Gasteiger partial charge in [0.25, 0.3) is 5.91 Å². The minimum absolute atomic E-state index is 0.0708. The van der Waals surface area contributed by atoms with Crippen LogP contribution in [0.1, 0.15) is 21.5 Å². The first-order valence-electron chi connectivity index (χ1n) is 11.2. The van der Waals surface area contributed by atoms with Crippen LogP contribution >= 0.6 is 0 Å². The predicted octanol–water partition coefficient (Wildman–Crippen LogP) is 3.81. The molecule has 3 rings (SSSR count). The Morgan fingerprint density at radius 3 is 2.14 bits per heavy atom. The van der Waals surface area contributed by atoms with Crippen LogP contribution in [-0.4, -0.2) is 53.1 Å². The average molecular weight is 508 g/mol. The Morgan fingerprint density at radius 2 is 1.51 bits per heavy atom. The lowest BCUT2D eigenvalue weighted by Crippen LogP contribution is -2.26. The zero-order valence-corrected chi connectivity index (χ0v) is 21.3. The van der Waals surface area contributed by atoms with E-state index in [2.05, 4.69) is 15.8 Å². The molecule has 37 heavy (non-hydrogen) atoms. The van der Waals surface area contributed by atoms with Crippen LogP contribution in [0.5, 0.6) is 28.7 Å². The highest BCUT2D eigenvalue weighted by molar-refractivity contribution is 5.93. The van der Waals surface area contributed by atoms with Crippen molar-refractivity contribution in [2.75, 3.05) is 40.3 Å². The van der Waals surface area contributed by atoms with E-state index in [1.807, 2.05) is 31.2 Å². The molecule has 0 saturated heterocycles. The molecule has 2 N–H and O–H groups in total. The van der Waals surface area contributed by atoms with Gasteiger partial charge in [0.05, 0.1) is 46.8 Å². The smallest absolute Gasteiger partial charge is 0.343 e. The summed E-state index contributed by atoms with van der Waals surface area (Å²) in [5.41, 5.74) is 5.20. The van der Waals surface area contributed by atoms with Crippen LogP contribution < -0.4 is 34.4 Å². The predicted molar refractivity (Wildman–Crippen MR) is 139 cm³/mol. The monoisotopic (exact) mass is 507 g/mol. The van der Waals surface area contributed by atoms with E-state index in [0.29, 0.717) is 28.6 Å². The largest absolute Gasteiger partial charge is 0.493 e. The minimum Gasteiger partial charge on any atom is -0.493 e. The lowest BCUT2D eigenvalue weighted by atomic mass is 10.1. The maximum Gasteiger partial charge on any atom is 0.343 e. The highest BCUT2D eigenvalue weighted by Gasteiger charge is 2.19. The normalized spacial score (nSPS) is 10.5. The second-order valence-electron chi connectivity index (χ2n) is 7.68. The standard InChI is InChI=1S/C27H29N3O7/c1-17-8-6-7-9-20(17)28-16-25(31)30-29-15-18-10-11-21(22(12-18)33-2)37-27(32)19-13-23(34-3)26(36-5)24(14-19)35-4/h6-15,28H,16H2,1-5H3,(H,30,31)/b29-15+. The molecule has 3 aromatic rings. The number of esters is 1. The topological polar surface area (TPSA) is 117 Å². The highest BCUT2D eigenvalue weighted by atomic mass is 16.6. The quantitative estimate of drug-likeness (QED) is 0.174. The van der Waals surface area contributed by atoms with Crippen molar-refractivity contribution in [1.29, 1.82) is 0 Å². The summed E-state index contributed by atoms with van der Waals surface area (Å²) < 4.78 is 26.8. The van der Waals surface area contributed by atoms with Gasteiger partial charge in [-0.25, -0.2) is 10.2 Å². The number of methoxy groups -OCH3 is 4. The SMILES string of the molecule is COc1cc(/C=N/NC(=O)CNc2ccccc2C)ccc1OC(=O)c1cc(OC)c(OC)c(OC)c1. The lowest BCUT2D eigenvalue weighted by molar-refractivity contribution is -0.119. The summed E-state index contributed by atoms with van der Waals surface area (Å²) >= 11 is 0. The number of benzene rings is 3. The molecule has 0 atom stereocenters. The number of carbonyl (C=O) groups excluding carboxylic acids is 2. The van der Waals surface area contributed by atoms with Crippen molar-refractivity contribution >= 4 is 23.8 Å². The number of para-hydroxylation sites is 1. The molecule has 194 valence electrons. The third kappa shape index (κ3) is 6.91. The zero-order chi connectivity index (χ0) is 26.8. The summed E-state index contributed by atoms with van der Waals surface area (Å²) in [5, 5.41) is 7.04. The van der Waals surface area contributed by atoms with Gasteiger partial charge in [-0.05, 0) is 54.4 Å². The van der Waals surface area contributed by atoms with Gasteiger partial charge in [0, 0.05) is 5.69 Å². The average Bonchev–Trinajstić information content (AvgIpc) is 2.92. The molecule has 0 heterocycles. The number of hydrazone groups is 1. The van der Waals surface area contributed by atoms with E-state index in [1.54, 1.807) is 18.2 Å². The second-order valence-corrected chi connectivity index (χ2v) is 7.68. The van der Waals surface area contributed by atoms with Crippen molar-refractivity contribution in [3.63, 3.8) is 0 Å². The summed E-state index contributed by atoms with van der Waals surface area (Å²) in [4.78, 5) is 24.9. The summed E-state index contributed by atoms with van der Waals surface area (Å²) in [6, 6.07) is 15.5. The molecule has 10 heteroatoms. The van der Waals surface area contributed by atoms with Crippen molar-refractivity contribution in [3.05, 3.63) is 71.3 Å². The molecule has 10 nitrogen and oxygen atoms in total. The van der Waals surface area contributed by atoms with Gasteiger partial charge in [0.15, 0.2) is 23.0 Å². The van der Waals surface area contributed by atoms with E-state index >= 15 is 0 Å². The number of hydrogen-bond donors (Lipinski definition) is 2. The number of aryl methyl sites for hydroxylation is 1. The maximum absolute atomic E-state index is 12.8. The molecule has 0 radical (unpaired) electrons. The minimum atomic E-state index is -0.646. The number of nitrogens with one attached hydrogen (secondary N) is 2. The Morgan fingerprint density at radius 1 is 0.838 bits per heavy atom. The highest BCUT2D eigenvalue weighted by Crippen LogP contribution is 2.38. The second kappa shape index (κ2) is 12.8. The van der Waals surface area contributed by atoms with Crippen molar-refractivity contribution in [3.8, 4) is 28.7 Å². The third-order valence-corrected chi connectivity index (χ3v) is 5.28. The fraction of sp³-hybridized carbons (Fsp3) is 0.222. The van der Waals surface area contributed by atoms with Gasteiger partial charge in [0.2, 0.25) is 5.75 Å². The molecule has 0 unspecified atom stereocenters. The van der Waals surface area contributed by atoms with Gasteiger partial charge in [-0.15, -0.1) is 0 Å². The van der Waals surface area contributed by atoms with Crippen molar-refractivity contribution in [2.45, 2.75) is 6.92 Å². The van der Waals surface area contributed by atoms with Gasteiger partial charge in [-0.3, -0.25) is 4.79 Å². The number of hydrogen-bond acceptors (Lipinski definition) is 9. The summed E-state index contributed by atoms with van der Waals surface area (Å²) in [7, 11) is 5.84. The summed E-state index contributed by atoms with van der Waals surface area (Å²) in [5.74, 6) is 0.560. The fourth-order valence-electron chi connectivity index (χ4n) is 3.37.